The number of rotatable bonds is 5. The number of hydrogen-bond donors (Lipinski definition) is 1. The molecule has 0 amide bonds. The average Bonchev–Trinajstić information content (AvgIpc) is 3.32. The third kappa shape index (κ3) is 3.75. The van der Waals surface area contributed by atoms with Crippen molar-refractivity contribution in [3.05, 3.63) is 28.2 Å². The molecule has 34 heavy (non-hydrogen) atoms. The first-order chi connectivity index (χ1) is 16.2. The van der Waals surface area contributed by atoms with Crippen molar-refractivity contribution in [2.75, 3.05) is 33.2 Å². The maximum atomic E-state index is 13.5. The van der Waals surface area contributed by atoms with Gasteiger partial charge in [0, 0.05) is 46.2 Å². The first-order valence-electron chi connectivity index (χ1n) is 11.4. The van der Waals surface area contributed by atoms with Gasteiger partial charge in [-0.25, -0.2) is 13.4 Å². The number of aromatic nitrogens is 4. The van der Waals surface area contributed by atoms with E-state index in [9.17, 15) is 13.2 Å². The molecule has 1 unspecified atom stereocenters. The first kappa shape index (κ1) is 22.8. The van der Waals surface area contributed by atoms with Crippen molar-refractivity contribution < 1.29 is 17.9 Å². The number of nitrogens with one attached hydrogen (secondary N) is 1. The van der Waals surface area contributed by atoms with Crippen molar-refractivity contribution in [3.8, 4) is 22.9 Å². The van der Waals surface area contributed by atoms with Gasteiger partial charge in [0.1, 0.15) is 11.3 Å². The summed E-state index contributed by atoms with van der Waals surface area (Å²) in [6.07, 6.45) is 0.915. The van der Waals surface area contributed by atoms with Crippen LogP contribution in [0.4, 0.5) is 0 Å². The van der Waals surface area contributed by atoms with Gasteiger partial charge in [0.15, 0.2) is 17.0 Å². The molecule has 5 rings (SSSR count). The minimum absolute atomic E-state index is 0.0752. The SMILES string of the molecule is CCCc1nn(C)c2c(=O)[nH]c(-c3cc(S(=O)(=O)N4CCN(C)CC4)cc4c3OC(C)O4)nc12. The lowest BCUT2D eigenvalue weighted by Gasteiger charge is -2.31. The number of ether oxygens (including phenoxy) is 2. The van der Waals surface area contributed by atoms with Gasteiger partial charge < -0.3 is 19.4 Å². The maximum absolute atomic E-state index is 13.5. The number of H-pyrrole nitrogens is 1. The summed E-state index contributed by atoms with van der Waals surface area (Å²) in [6.45, 7) is 5.85. The highest BCUT2D eigenvalue weighted by Crippen LogP contribution is 2.44. The van der Waals surface area contributed by atoms with Crippen LogP contribution in [0.5, 0.6) is 11.5 Å². The summed E-state index contributed by atoms with van der Waals surface area (Å²) in [6, 6.07) is 2.99. The number of hydrogen-bond acceptors (Lipinski definition) is 8. The van der Waals surface area contributed by atoms with Gasteiger partial charge in [-0.1, -0.05) is 13.3 Å². The Balaban J connectivity index is 1.68. The van der Waals surface area contributed by atoms with Gasteiger partial charge in [0.2, 0.25) is 16.3 Å². The number of benzene rings is 1. The second-order valence-corrected chi connectivity index (χ2v) is 10.7. The molecule has 0 bridgehead atoms. The summed E-state index contributed by atoms with van der Waals surface area (Å²) in [5.74, 6) is 0.876. The molecule has 1 atom stereocenters. The normalized spacial score (nSPS) is 19.2. The molecule has 0 spiro atoms. The van der Waals surface area contributed by atoms with Crippen molar-refractivity contribution in [2.24, 2.45) is 7.05 Å². The van der Waals surface area contributed by atoms with E-state index in [1.165, 1.54) is 21.1 Å². The van der Waals surface area contributed by atoms with Crippen LogP contribution in [0.15, 0.2) is 21.8 Å². The molecule has 1 N–H and O–H groups in total. The molecule has 2 aliphatic heterocycles. The first-order valence-corrected chi connectivity index (χ1v) is 12.8. The number of piperazine rings is 1. The molecule has 2 aliphatic rings. The zero-order valence-corrected chi connectivity index (χ0v) is 20.5. The Labute approximate surface area is 197 Å². The lowest BCUT2D eigenvalue weighted by molar-refractivity contribution is 0.0680. The van der Waals surface area contributed by atoms with Gasteiger partial charge in [-0.3, -0.25) is 9.48 Å². The Bertz CT molecular complexity index is 1420. The summed E-state index contributed by atoms with van der Waals surface area (Å²) in [5.41, 5.74) is 1.59. The van der Waals surface area contributed by atoms with E-state index in [0.29, 0.717) is 60.7 Å². The van der Waals surface area contributed by atoms with Gasteiger partial charge in [-0.05, 0) is 19.5 Å². The van der Waals surface area contributed by atoms with Gasteiger partial charge in [0.25, 0.3) is 5.56 Å². The standard InChI is InChI=1S/C22H28N6O5S/c1-5-6-16-18-19(27(4)25-16)22(29)24-21(23-18)15-11-14(12-17-20(15)33-13(2)32-17)34(30,31)28-9-7-26(3)8-10-28/h11-13H,5-10H2,1-4H3,(H,23,24,29). The molecule has 1 saturated heterocycles. The van der Waals surface area contributed by atoms with Crippen LogP contribution in [0.3, 0.4) is 0 Å². The molecule has 0 radical (unpaired) electrons. The Morgan fingerprint density at radius 1 is 1.15 bits per heavy atom. The van der Waals surface area contributed by atoms with E-state index in [2.05, 4.69) is 15.0 Å². The Hall–Kier alpha value is -2.96. The van der Waals surface area contributed by atoms with Crippen LogP contribution in [0.2, 0.25) is 0 Å². The zero-order valence-electron chi connectivity index (χ0n) is 19.7. The topological polar surface area (TPSA) is 123 Å². The molecule has 4 heterocycles. The predicted molar refractivity (Wildman–Crippen MR) is 126 cm³/mol. The summed E-state index contributed by atoms with van der Waals surface area (Å²) < 4.78 is 41.5. The van der Waals surface area contributed by atoms with Gasteiger partial charge in [0.05, 0.1) is 16.2 Å². The Kier molecular flexibility index (Phi) is 5.61. The van der Waals surface area contributed by atoms with Crippen molar-refractivity contribution >= 4 is 21.1 Å². The number of likely N-dealkylation sites (N-methyl/N-ethyl adjacent to an activating group) is 1. The third-order valence-corrected chi connectivity index (χ3v) is 8.09. The number of fused-ring (bicyclic) bond motifs is 2. The Morgan fingerprint density at radius 3 is 2.59 bits per heavy atom. The van der Waals surface area contributed by atoms with Crippen LogP contribution in [0.1, 0.15) is 26.0 Å². The number of nitrogens with zero attached hydrogens (tertiary/aromatic N) is 5. The van der Waals surface area contributed by atoms with Crippen LogP contribution in [-0.2, 0) is 23.5 Å². The van der Waals surface area contributed by atoms with Crippen molar-refractivity contribution in [1.82, 2.24) is 29.0 Å². The van der Waals surface area contributed by atoms with Crippen LogP contribution >= 0.6 is 0 Å². The van der Waals surface area contributed by atoms with E-state index in [4.69, 9.17) is 14.5 Å². The molecular weight excluding hydrogens is 460 g/mol. The van der Waals surface area contributed by atoms with Crippen molar-refractivity contribution in [1.29, 1.82) is 0 Å². The second-order valence-electron chi connectivity index (χ2n) is 8.74. The van der Waals surface area contributed by atoms with Crippen LogP contribution in [-0.4, -0.2) is 76.9 Å². The van der Waals surface area contributed by atoms with Gasteiger partial charge in [-0.2, -0.15) is 9.40 Å². The summed E-state index contributed by atoms with van der Waals surface area (Å²) in [4.78, 5) is 22.6. The molecule has 182 valence electrons. The highest BCUT2D eigenvalue weighted by Gasteiger charge is 2.33. The van der Waals surface area contributed by atoms with Gasteiger partial charge in [-0.15, -0.1) is 0 Å². The number of aromatic amines is 1. The predicted octanol–water partition coefficient (Wildman–Crippen LogP) is 1.33. The van der Waals surface area contributed by atoms with E-state index in [1.807, 2.05) is 14.0 Å². The highest BCUT2D eigenvalue weighted by atomic mass is 32.2. The third-order valence-electron chi connectivity index (χ3n) is 6.21. The van der Waals surface area contributed by atoms with Gasteiger partial charge >= 0.3 is 0 Å². The molecule has 3 aromatic rings. The maximum Gasteiger partial charge on any atom is 0.277 e. The lowest BCUT2D eigenvalue weighted by Crippen LogP contribution is -2.47. The highest BCUT2D eigenvalue weighted by molar-refractivity contribution is 7.89. The van der Waals surface area contributed by atoms with E-state index >= 15 is 0 Å². The molecule has 0 saturated carbocycles. The largest absolute Gasteiger partial charge is 0.451 e. The Morgan fingerprint density at radius 2 is 1.88 bits per heavy atom. The monoisotopic (exact) mass is 488 g/mol. The quantitative estimate of drug-likeness (QED) is 0.571. The summed E-state index contributed by atoms with van der Waals surface area (Å²) in [7, 11) is -0.114. The molecule has 1 aromatic carbocycles. The summed E-state index contributed by atoms with van der Waals surface area (Å²) >= 11 is 0. The number of aryl methyl sites for hydroxylation is 2. The van der Waals surface area contributed by atoms with Crippen molar-refractivity contribution in [3.63, 3.8) is 0 Å². The average molecular weight is 489 g/mol. The molecule has 0 aliphatic carbocycles. The van der Waals surface area contributed by atoms with Crippen molar-refractivity contribution in [2.45, 2.75) is 37.9 Å². The minimum atomic E-state index is -3.79. The fourth-order valence-corrected chi connectivity index (χ4v) is 5.90. The van der Waals surface area contributed by atoms with E-state index in [1.54, 1.807) is 14.0 Å². The van der Waals surface area contributed by atoms with E-state index < -0.39 is 16.3 Å². The molecule has 2 aromatic heterocycles. The van der Waals surface area contributed by atoms with Crippen LogP contribution < -0.4 is 15.0 Å². The number of sulfonamides is 1. The smallest absolute Gasteiger partial charge is 0.277 e. The molecule has 11 nitrogen and oxygen atoms in total. The summed E-state index contributed by atoms with van der Waals surface area (Å²) in [5, 5.41) is 4.46. The fraction of sp³-hybridized carbons (Fsp3) is 0.500. The lowest BCUT2D eigenvalue weighted by atomic mass is 10.1. The zero-order chi connectivity index (χ0) is 24.2. The molecular formula is C22H28N6O5S. The van der Waals surface area contributed by atoms with Crippen LogP contribution in [0, 0.1) is 0 Å². The minimum Gasteiger partial charge on any atom is -0.451 e. The van der Waals surface area contributed by atoms with E-state index in [0.717, 1.165) is 12.1 Å². The second kappa shape index (κ2) is 8.36. The van der Waals surface area contributed by atoms with E-state index in [-0.39, 0.29) is 16.3 Å². The van der Waals surface area contributed by atoms with Crippen LogP contribution in [0.25, 0.3) is 22.4 Å². The molecule has 12 heteroatoms. The molecule has 1 fully saturated rings. The fourth-order valence-electron chi connectivity index (χ4n) is 4.44.